The number of hydrogen-bond acceptors (Lipinski definition) is 6. The number of anilines is 1. The highest BCUT2D eigenvalue weighted by molar-refractivity contribution is 5.86. The quantitative estimate of drug-likeness (QED) is 0.564. The van der Waals surface area contributed by atoms with Crippen LogP contribution in [-0.4, -0.2) is 64.8 Å². The van der Waals surface area contributed by atoms with Crippen molar-refractivity contribution in [3.8, 4) is 5.75 Å². The lowest BCUT2D eigenvalue weighted by atomic mass is 10.1. The second-order valence-electron chi connectivity index (χ2n) is 7.74. The fourth-order valence-electron chi connectivity index (χ4n) is 3.59. The first-order chi connectivity index (χ1) is 16.1. The Morgan fingerprint density at radius 2 is 1.70 bits per heavy atom. The number of ether oxygens (including phenoxy) is 1. The average Bonchev–Trinajstić information content (AvgIpc) is 2.85. The Balaban J connectivity index is 1.38. The van der Waals surface area contributed by atoms with E-state index in [9.17, 15) is 9.18 Å². The van der Waals surface area contributed by atoms with Gasteiger partial charge in [-0.1, -0.05) is 36.4 Å². The summed E-state index contributed by atoms with van der Waals surface area (Å²) < 4.78 is 19.4. The van der Waals surface area contributed by atoms with Crippen molar-refractivity contribution in [1.82, 2.24) is 14.9 Å². The van der Waals surface area contributed by atoms with E-state index in [1.807, 2.05) is 47.4 Å². The SMILES string of the molecule is O=C(O)c1cnc(N2CCN(CC(/C=C/c3ccccc3)Oc3ccc(F)cc3)CC2)nc1. The van der Waals surface area contributed by atoms with E-state index >= 15 is 0 Å². The summed E-state index contributed by atoms with van der Waals surface area (Å²) in [6.45, 7) is 3.68. The molecule has 1 N–H and O–H groups in total. The van der Waals surface area contributed by atoms with Crippen molar-refractivity contribution in [3.05, 3.63) is 90.0 Å². The normalized spacial score (nSPS) is 15.5. The van der Waals surface area contributed by atoms with Gasteiger partial charge in [-0.3, -0.25) is 4.90 Å². The Hall–Kier alpha value is -3.78. The van der Waals surface area contributed by atoms with E-state index in [1.54, 1.807) is 12.1 Å². The first-order valence-electron chi connectivity index (χ1n) is 10.7. The van der Waals surface area contributed by atoms with Crippen molar-refractivity contribution in [1.29, 1.82) is 0 Å². The lowest BCUT2D eigenvalue weighted by Crippen LogP contribution is -2.49. The summed E-state index contributed by atoms with van der Waals surface area (Å²) in [4.78, 5) is 23.7. The summed E-state index contributed by atoms with van der Waals surface area (Å²) in [6.07, 6.45) is 6.50. The molecule has 0 bridgehead atoms. The van der Waals surface area contributed by atoms with E-state index in [4.69, 9.17) is 9.84 Å². The number of piperazine rings is 1. The van der Waals surface area contributed by atoms with Crippen LogP contribution in [0.2, 0.25) is 0 Å². The molecule has 2 heterocycles. The Kier molecular flexibility index (Phi) is 7.26. The largest absolute Gasteiger partial charge is 0.485 e. The number of benzene rings is 2. The molecule has 33 heavy (non-hydrogen) atoms. The molecular formula is C25H25FN4O3. The molecule has 1 aromatic heterocycles. The minimum atomic E-state index is -1.04. The van der Waals surface area contributed by atoms with Crippen molar-refractivity contribution < 1.29 is 19.0 Å². The maximum Gasteiger partial charge on any atom is 0.338 e. The van der Waals surface area contributed by atoms with Gasteiger partial charge in [0.05, 0.1) is 5.56 Å². The fourth-order valence-corrected chi connectivity index (χ4v) is 3.59. The molecule has 0 saturated carbocycles. The number of carbonyl (C=O) groups is 1. The Bertz CT molecular complexity index is 1070. The molecule has 0 amide bonds. The van der Waals surface area contributed by atoms with Crippen molar-refractivity contribution >= 4 is 18.0 Å². The zero-order valence-corrected chi connectivity index (χ0v) is 18.0. The molecule has 7 nitrogen and oxygen atoms in total. The molecule has 1 aliphatic heterocycles. The van der Waals surface area contributed by atoms with Crippen LogP contribution in [0.1, 0.15) is 15.9 Å². The van der Waals surface area contributed by atoms with Crippen molar-refractivity contribution in [2.24, 2.45) is 0 Å². The van der Waals surface area contributed by atoms with Gasteiger partial charge in [-0.05, 0) is 35.9 Å². The molecule has 3 aromatic rings. The zero-order valence-electron chi connectivity index (χ0n) is 18.0. The van der Waals surface area contributed by atoms with Gasteiger partial charge in [0.15, 0.2) is 0 Å². The summed E-state index contributed by atoms with van der Waals surface area (Å²) in [5.74, 6) is -0.192. The summed E-state index contributed by atoms with van der Waals surface area (Å²) in [5.41, 5.74) is 1.15. The second kappa shape index (κ2) is 10.7. The predicted molar refractivity (Wildman–Crippen MR) is 124 cm³/mol. The van der Waals surface area contributed by atoms with Crippen molar-refractivity contribution in [3.63, 3.8) is 0 Å². The molecule has 8 heteroatoms. The highest BCUT2D eigenvalue weighted by Gasteiger charge is 2.22. The third-order valence-corrected chi connectivity index (χ3v) is 5.38. The molecule has 170 valence electrons. The molecule has 1 atom stereocenters. The van der Waals surface area contributed by atoms with Gasteiger partial charge in [0.2, 0.25) is 5.95 Å². The molecule has 0 aliphatic carbocycles. The molecule has 1 fully saturated rings. The van der Waals surface area contributed by atoms with Gasteiger partial charge in [0.25, 0.3) is 0 Å². The number of aromatic carboxylic acids is 1. The number of carboxylic acid groups (broad SMARTS) is 1. The molecular weight excluding hydrogens is 423 g/mol. The maximum absolute atomic E-state index is 13.3. The minimum absolute atomic E-state index is 0.0726. The van der Waals surface area contributed by atoms with Gasteiger partial charge >= 0.3 is 5.97 Å². The van der Waals surface area contributed by atoms with E-state index in [0.717, 1.165) is 31.7 Å². The fraction of sp³-hybridized carbons (Fsp3) is 0.240. The third-order valence-electron chi connectivity index (χ3n) is 5.38. The van der Waals surface area contributed by atoms with Gasteiger partial charge in [-0.2, -0.15) is 0 Å². The first kappa shape index (κ1) is 22.4. The second-order valence-corrected chi connectivity index (χ2v) is 7.74. The van der Waals surface area contributed by atoms with Crippen LogP contribution in [0.25, 0.3) is 6.08 Å². The highest BCUT2D eigenvalue weighted by Crippen LogP contribution is 2.17. The Morgan fingerprint density at radius 1 is 1.03 bits per heavy atom. The van der Waals surface area contributed by atoms with Crippen LogP contribution in [0.4, 0.5) is 10.3 Å². The zero-order chi connectivity index (χ0) is 23.0. The van der Waals surface area contributed by atoms with E-state index < -0.39 is 5.97 Å². The van der Waals surface area contributed by atoms with E-state index in [1.165, 1.54) is 24.5 Å². The molecule has 1 saturated heterocycles. The van der Waals surface area contributed by atoms with E-state index in [0.29, 0.717) is 18.2 Å². The number of aromatic nitrogens is 2. The van der Waals surface area contributed by atoms with Gasteiger partial charge in [0.1, 0.15) is 17.7 Å². The number of nitrogens with zero attached hydrogens (tertiary/aromatic N) is 4. The van der Waals surface area contributed by atoms with Gasteiger partial charge in [-0.15, -0.1) is 0 Å². The molecule has 0 radical (unpaired) electrons. The molecule has 4 rings (SSSR count). The summed E-state index contributed by atoms with van der Waals surface area (Å²) in [7, 11) is 0. The van der Waals surface area contributed by atoms with E-state index in [-0.39, 0.29) is 17.5 Å². The van der Waals surface area contributed by atoms with Crippen LogP contribution in [0.5, 0.6) is 5.75 Å². The highest BCUT2D eigenvalue weighted by atomic mass is 19.1. The summed E-state index contributed by atoms with van der Waals surface area (Å²) in [6, 6.07) is 16.1. The van der Waals surface area contributed by atoms with Gasteiger partial charge < -0.3 is 14.7 Å². The summed E-state index contributed by atoms with van der Waals surface area (Å²) >= 11 is 0. The Morgan fingerprint density at radius 3 is 2.33 bits per heavy atom. The van der Waals surface area contributed by atoms with Crippen molar-refractivity contribution in [2.45, 2.75) is 6.10 Å². The van der Waals surface area contributed by atoms with Crippen LogP contribution >= 0.6 is 0 Å². The van der Waals surface area contributed by atoms with Crippen LogP contribution in [-0.2, 0) is 0 Å². The van der Waals surface area contributed by atoms with Crippen LogP contribution in [0, 0.1) is 5.82 Å². The maximum atomic E-state index is 13.3. The number of halogens is 1. The van der Waals surface area contributed by atoms with Crippen molar-refractivity contribution in [2.75, 3.05) is 37.6 Å². The lowest BCUT2D eigenvalue weighted by molar-refractivity contribution is 0.0696. The molecule has 1 aliphatic rings. The average molecular weight is 448 g/mol. The minimum Gasteiger partial charge on any atom is -0.485 e. The monoisotopic (exact) mass is 448 g/mol. The van der Waals surface area contributed by atoms with Gasteiger partial charge in [-0.25, -0.2) is 19.2 Å². The topological polar surface area (TPSA) is 78.8 Å². The summed E-state index contributed by atoms with van der Waals surface area (Å²) in [5, 5.41) is 9.00. The van der Waals surface area contributed by atoms with Crippen LogP contribution in [0.3, 0.4) is 0 Å². The molecule has 0 spiro atoms. The first-order valence-corrected chi connectivity index (χ1v) is 10.7. The molecule has 1 unspecified atom stereocenters. The predicted octanol–water partition coefficient (Wildman–Crippen LogP) is 3.60. The third kappa shape index (κ3) is 6.36. The Labute approximate surface area is 191 Å². The number of hydrogen-bond donors (Lipinski definition) is 1. The lowest BCUT2D eigenvalue weighted by Gasteiger charge is -2.36. The van der Waals surface area contributed by atoms with Crippen LogP contribution in [0.15, 0.2) is 73.1 Å². The number of rotatable bonds is 8. The van der Waals surface area contributed by atoms with Gasteiger partial charge in [0, 0.05) is 45.1 Å². The number of carboxylic acids is 1. The van der Waals surface area contributed by atoms with E-state index in [2.05, 4.69) is 14.9 Å². The molecule has 2 aromatic carbocycles. The smallest absolute Gasteiger partial charge is 0.338 e. The standard InChI is InChI=1S/C25H25FN4O3/c26-21-7-10-22(11-8-21)33-23(9-6-19-4-2-1-3-5-19)18-29-12-14-30(15-13-29)25-27-16-20(17-28-25)24(31)32/h1-11,16-17,23H,12-15,18H2,(H,31,32)/b9-6+. The van der Waals surface area contributed by atoms with Crippen LogP contribution < -0.4 is 9.64 Å².